The van der Waals surface area contributed by atoms with Crippen LogP contribution in [0.1, 0.15) is 16.8 Å². The minimum Gasteiger partial charge on any atom is -0.384 e. The van der Waals surface area contributed by atoms with Crippen molar-refractivity contribution in [2.75, 3.05) is 26.8 Å². The number of hydrogen-bond donors (Lipinski definition) is 0. The molecule has 1 aromatic carbocycles. The van der Waals surface area contributed by atoms with E-state index in [9.17, 15) is 4.79 Å². The predicted octanol–water partition coefficient (Wildman–Crippen LogP) is 2.40. The second kappa shape index (κ2) is 5.82. The molecule has 1 unspecified atom stereocenters. The number of halogens is 1. The van der Waals surface area contributed by atoms with E-state index in [4.69, 9.17) is 4.74 Å². The van der Waals surface area contributed by atoms with Crippen LogP contribution in [0.5, 0.6) is 0 Å². The molecule has 0 bridgehead atoms. The Balaban J connectivity index is 2.05. The molecule has 2 rings (SSSR count). The van der Waals surface area contributed by atoms with E-state index in [1.165, 1.54) is 0 Å². The molecular weight excluding hydrogens is 329 g/mol. The van der Waals surface area contributed by atoms with Crippen LogP contribution in [-0.2, 0) is 4.74 Å². The molecule has 1 aromatic rings. The van der Waals surface area contributed by atoms with Crippen LogP contribution in [0.4, 0.5) is 0 Å². The molecule has 17 heavy (non-hydrogen) atoms. The number of carbonyl (C=O) groups is 1. The summed E-state index contributed by atoms with van der Waals surface area (Å²) in [5.74, 6) is 0.638. The van der Waals surface area contributed by atoms with E-state index in [1.807, 2.05) is 29.2 Å². The Morgan fingerprint density at radius 1 is 1.53 bits per heavy atom. The summed E-state index contributed by atoms with van der Waals surface area (Å²) < 4.78 is 6.16. The molecule has 1 heterocycles. The third-order valence-electron chi connectivity index (χ3n) is 3.08. The van der Waals surface area contributed by atoms with Crippen LogP contribution in [0, 0.1) is 9.49 Å². The number of methoxy groups -OCH3 is 1. The number of benzene rings is 1. The summed E-state index contributed by atoms with van der Waals surface area (Å²) >= 11 is 2.21. The number of nitrogens with zero attached hydrogens (tertiary/aromatic N) is 1. The summed E-state index contributed by atoms with van der Waals surface area (Å²) in [5.41, 5.74) is 0.811. The summed E-state index contributed by atoms with van der Waals surface area (Å²) in [6.45, 7) is 2.41. The van der Waals surface area contributed by atoms with E-state index in [0.29, 0.717) is 5.92 Å². The molecule has 3 nitrogen and oxygen atoms in total. The van der Waals surface area contributed by atoms with E-state index < -0.39 is 0 Å². The van der Waals surface area contributed by atoms with Crippen LogP contribution >= 0.6 is 22.6 Å². The van der Waals surface area contributed by atoms with Gasteiger partial charge in [0.25, 0.3) is 5.91 Å². The molecule has 92 valence electrons. The first-order valence-corrected chi connectivity index (χ1v) is 6.83. The van der Waals surface area contributed by atoms with E-state index in [1.54, 1.807) is 7.11 Å². The molecule has 1 atom stereocenters. The van der Waals surface area contributed by atoms with Gasteiger partial charge in [0.2, 0.25) is 0 Å². The van der Waals surface area contributed by atoms with Gasteiger partial charge < -0.3 is 9.64 Å². The Morgan fingerprint density at radius 3 is 3.00 bits per heavy atom. The lowest BCUT2D eigenvalue weighted by Gasteiger charge is -2.17. The summed E-state index contributed by atoms with van der Waals surface area (Å²) in [5, 5.41) is 0. The topological polar surface area (TPSA) is 29.5 Å². The van der Waals surface area contributed by atoms with Gasteiger partial charge in [-0.3, -0.25) is 4.79 Å². The summed E-state index contributed by atoms with van der Waals surface area (Å²) in [6, 6.07) is 7.73. The maximum Gasteiger partial charge on any atom is 0.254 e. The Labute approximate surface area is 115 Å². The quantitative estimate of drug-likeness (QED) is 0.788. The van der Waals surface area contributed by atoms with Crippen molar-refractivity contribution >= 4 is 28.5 Å². The van der Waals surface area contributed by atoms with Crippen molar-refractivity contribution in [3.63, 3.8) is 0 Å². The van der Waals surface area contributed by atoms with Crippen LogP contribution in [-0.4, -0.2) is 37.6 Å². The molecule has 0 aliphatic carbocycles. The number of likely N-dealkylation sites (tertiary alicyclic amines) is 1. The normalized spacial score (nSPS) is 19.6. The Kier molecular flexibility index (Phi) is 4.39. The van der Waals surface area contributed by atoms with Crippen molar-refractivity contribution in [1.29, 1.82) is 0 Å². The minimum atomic E-state index is 0.147. The first-order valence-electron chi connectivity index (χ1n) is 5.75. The zero-order valence-electron chi connectivity index (χ0n) is 9.86. The second-order valence-electron chi connectivity index (χ2n) is 4.34. The zero-order valence-corrected chi connectivity index (χ0v) is 12.0. The maximum absolute atomic E-state index is 12.3. The highest BCUT2D eigenvalue weighted by Crippen LogP contribution is 2.21. The van der Waals surface area contributed by atoms with Crippen molar-refractivity contribution in [2.24, 2.45) is 5.92 Å². The fraction of sp³-hybridized carbons (Fsp3) is 0.462. The fourth-order valence-corrected chi connectivity index (χ4v) is 2.81. The van der Waals surface area contributed by atoms with Gasteiger partial charge in [-0.2, -0.15) is 0 Å². The summed E-state index contributed by atoms with van der Waals surface area (Å²) in [7, 11) is 1.71. The molecule has 1 fully saturated rings. The van der Waals surface area contributed by atoms with Gasteiger partial charge in [-0.15, -0.1) is 0 Å². The molecule has 0 spiro atoms. The smallest absolute Gasteiger partial charge is 0.254 e. The van der Waals surface area contributed by atoms with Gasteiger partial charge in [-0.25, -0.2) is 0 Å². The van der Waals surface area contributed by atoms with Crippen molar-refractivity contribution in [1.82, 2.24) is 4.90 Å². The van der Waals surface area contributed by atoms with Gasteiger partial charge >= 0.3 is 0 Å². The highest BCUT2D eigenvalue weighted by atomic mass is 127. The van der Waals surface area contributed by atoms with Gasteiger partial charge in [0, 0.05) is 29.7 Å². The van der Waals surface area contributed by atoms with Crippen LogP contribution in [0.25, 0.3) is 0 Å². The van der Waals surface area contributed by atoms with Gasteiger partial charge in [0.05, 0.1) is 12.2 Å². The average molecular weight is 345 g/mol. The molecule has 1 aliphatic heterocycles. The average Bonchev–Trinajstić information content (AvgIpc) is 2.78. The fourth-order valence-electron chi connectivity index (χ4n) is 2.19. The Hall–Kier alpha value is -0.620. The second-order valence-corrected chi connectivity index (χ2v) is 5.50. The van der Waals surface area contributed by atoms with Crippen LogP contribution < -0.4 is 0 Å². The molecule has 1 aliphatic rings. The standard InChI is InChI=1S/C13H16INO2/c1-17-9-10-6-7-15(8-10)13(16)11-4-2-3-5-12(11)14/h2-5,10H,6-9H2,1H3. The molecule has 0 radical (unpaired) electrons. The lowest BCUT2D eigenvalue weighted by Crippen LogP contribution is -2.29. The van der Waals surface area contributed by atoms with E-state index in [0.717, 1.165) is 35.3 Å². The van der Waals surface area contributed by atoms with Crippen LogP contribution in [0.2, 0.25) is 0 Å². The SMILES string of the molecule is COCC1CCN(C(=O)c2ccccc2I)C1. The lowest BCUT2D eigenvalue weighted by atomic mass is 10.1. The van der Waals surface area contributed by atoms with Crippen LogP contribution in [0.3, 0.4) is 0 Å². The van der Waals surface area contributed by atoms with Crippen molar-refractivity contribution < 1.29 is 9.53 Å². The van der Waals surface area contributed by atoms with Gasteiger partial charge in [0.1, 0.15) is 0 Å². The van der Waals surface area contributed by atoms with Gasteiger partial charge in [-0.05, 0) is 41.1 Å². The zero-order chi connectivity index (χ0) is 12.3. The first-order chi connectivity index (χ1) is 8.22. The van der Waals surface area contributed by atoms with Crippen LogP contribution in [0.15, 0.2) is 24.3 Å². The van der Waals surface area contributed by atoms with Crippen molar-refractivity contribution in [3.8, 4) is 0 Å². The lowest BCUT2D eigenvalue weighted by molar-refractivity contribution is 0.0774. The first kappa shape index (κ1) is 12.8. The molecule has 4 heteroatoms. The third-order valence-corrected chi connectivity index (χ3v) is 4.02. The number of hydrogen-bond acceptors (Lipinski definition) is 2. The molecule has 0 saturated carbocycles. The van der Waals surface area contributed by atoms with Gasteiger partial charge in [0.15, 0.2) is 0 Å². The molecular formula is C13H16INO2. The Morgan fingerprint density at radius 2 is 2.29 bits per heavy atom. The van der Waals surface area contributed by atoms with E-state index in [-0.39, 0.29) is 5.91 Å². The van der Waals surface area contributed by atoms with E-state index in [2.05, 4.69) is 22.6 Å². The minimum absolute atomic E-state index is 0.147. The van der Waals surface area contributed by atoms with Crippen molar-refractivity contribution in [2.45, 2.75) is 6.42 Å². The van der Waals surface area contributed by atoms with E-state index >= 15 is 0 Å². The number of amides is 1. The monoisotopic (exact) mass is 345 g/mol. The molecule has 0 N–H and O–H groups in total. The largest absolute Gasteiger partial charge is 0.384 e. The summed E-state index contributed by atoms with van der Waals surface area (Å²) in [4.78, 5) is 14.2. The number of rotatable bonds is 3. The number of carbonyl (C=O) groups excluding carboxylic acids is 1. The third kappa shape index (κ3) is 2.98. The molecule has 1 saturated heterocycles. The summed E-state index contributed by atoms with van der Waals surface area (Å²) in [6.07, 6.45) is 1.04. The molecule has 0 aromatic heterocycles. The highest BCUT2D eigenvalue weighted by molar-refractivity contribution is 14.1. The number of ether oxygens (including phenoxy) is 1. The Bertz CT molecular complexity index is 408. The highest BCUT2D eigenvalue weighted by Gasteiger charge is 2.27. The van der Waals surface area contributed by atoms with Crippen molar-refractivity contribution in [3.05, 3.63) is 33.4 Å². The van der Waals surface area contributed by atoms with Gasteiger partial charge in [-0.1, -0.05) is 12.1 Å². The predicted molar refractivity (Wildman–Crippen MR) is 75.0 cm³/mol. The maximum atomic E-state index is 12.3. The molecule has 1 amide bonds.